The molecule has 12 heavy (non-hydrogen) atoms. The van der Waals surface area contributed by atoms with E-state index in [0.717, 1.165) is 12.8 Å². The lowest BCUT2D eigenvalue weighted by molar-refractivity contribution is 0.135. The van der Waals surface area contributed by atoms with Crippen LogP contribution in [0.1, 0.15) is 28.4 Å². The van der Waals surface area contributed by atoms with Crippen LogP contribution in [0.5, 0.6) is 0 Å². The largest absolute Gasteiger partial charge is 0.0765 e. The van der Waals surface area contributed by atoms with Gasteiger partial charge in [-0.05, 0) is 12.8 Å². The van der Waals surface area contributed by atoms with E-state index in [4.69, 9.17) is 2.74 Å². The zero-order chi connectivity index (χ0) is 9.81. The highest BCUT2D eigenvalue weighted by Crippen LogP contribution is 2.61. The first-order valence-electron chi connectivity index (χ1n) is 5.78. The molecule has 3 aliphatic rings. The van der Waals surface area contributed by atoms with E-state index in [2.05, 4.69) is 12.2 Å². The SMILES string of the molecule is [2H]C1=C([2H])C23C=CC=CC12CCCC3. The fourth-order valence-electron chi connectivity index (χ4n) is 2.75. The Morgan fingerprint density at radius 2 is 1.42 bits per heavy atom. The summed E-state index contributed by atoms with van der Waals surface area (Å²) >= 11 is 0. The van der Waals surface area contributed by atoms with Gasteiger partial charge < -0.3 is 0 Å². The predicted octanol–water partition coefficient (Wildman–Crippen LogP) is 3.23. The third-order valence-corrected chi connectivity index (χ3v) is 3.57. The molecule has 0 aromatic carbocycles. The van der Waals surface area contributed by atoms with E-state index >= 15 is 0 Å². The summed E-state index contributed by atoms with van der Waals surface area (Å²) in [7, 11) is 0. The molecule has 0 nitrogen and oxygen atoms in total. The van der Waals surface area contributed by atoms with Gasteiger partial charge in [0.05, 0.1) is 2.74 Å². The molecule has 0 heterocycles. The smallest absolute Gasteiger partial charge is 0.0583 e. The van der Waals surface area contributed by atoms with Crippen LogP contribution >= 0.6 is 0 Å². The van der Waals surface area contributed by atoms with Gasteiger partial charge in [-0.3, -0.25) is 0 Å². The molecular formula is C12H14. The minimum atomic E-state index is -0.0862. The van der Waals surface area contributed by atoms with Crippen LogP contribution in [0, 0.1) is 10.8 Å². The van der Waals surface area contributed by atoms with Crippen molar-refractivity contribution in [3.63, 3.8) is 0 Å². The van der Waals surface area contributed by atoms with E-state index < -0.39 is 0 Å². The van der Waals surface area contributed by atoms with Crippen molar-refractivity contribution in [3.05, 3.63) is 36.4 Å². The van der Waals surface area contributed by atoms with Gasteiger partial charge in [0.15, 0.2) is 0 Å². The highest BCUT2D eigenvalue weighted by molar-refractivity contribution is 5.43. The van der Waals surface area contributed by atoms with Crippen molar-refractivity contribution in [2.75, 3.05) is 0 Å². The van der Waals surface area contributed by atoms with Gasteiger partial charge in [-0.1, -0.05) is 49.2 Å². The van der Waals surface area contributed by atoms with Gasteiger partial charge in [0.1, 0.15) is 0 Å². The molecule has 3 rings (SSSR count). The number of hydrogen-bond donors (Lipinski definition) is 0. The molecule has 0 heteroatoms. The van der Waals surface area contributed by atoms with Crippen molar-refractivity contribution in [2.45, 2.75) is 25.7 Å². The summed E-state index contributed by atoms with van der Waals surface area (Å²) in [6, 6.07) is 1.13. The molecule has 0 N–H and O–H groups in total. The maximum absolute atomic E-state index is 7.96. The van der Waals surface area contributed by atoms with Crippen molar-refractivity contribution >= 4 is 0 Å². The number of allylic oxidation sites excluding steroid dienone is 6. The molecule has 0 aliphatic heterocycles. The van der Waals surface area contributed by atoms with Gasteiger partial charge in [-0.25, -0.2) is 0 Å². The molecule has 0 radical (unpaired) electrons. The first-order valence-corrected chi connectivity index (χ1v) is 4.78. The lowest BCUT2D eigenvalue weighted by Crippen LogP contribution is -2.46. The van der Waals surface area contributed by atoms with Gasteiger partial charge in [-0.15, -0.1) is 0 Å². The first kappa shape index (κ1) is 5.06. The van der Waals surface area contributed by atoms with Crippen molar-refractivity contribution < 1.29 is 2.74 Å². The topological polar surface area (TPSA) is 0 Å². The fraction of sp³-hybridized carbons (Fsp3) is 0.500. The average molecular weight is 160 g/mol. The van der Waals surface area contributed by atoms with Gasteiger partial charge in [-0.2, -0.15) is 0 Å². The second kappa shape index (κ2) is 1.93. The lowest BCUT2D eigenvalue weighted by atomic mass is 9.48. The van der Waals surface area contributed by atoms with Crippen LogP contribution in [-0.2, 0) is 0 Å². The Balaban J connectivity index is 2.20. The van der Waals surface area contributed by atoms with Crippen LogP contribution in [0.4, 0.5) is 0 Å². The third-order valence-electron chi connectivity index (χ3n) is 3.57. The van der Waals surface area contributed by atoms with Gasteiger partial charge in [0, 0.05) is 10.8 Å². The zero-order valence-electron chi connectivity index (χ0n) is 9.14. The van der Waals surface area contributed by atoms with E-state index in [1.54, 1.807) is 0 Å². The minimum Gasteiger partial charge on any atom is -0.0765 e. The van der Waals surface area contributed by atoms with Gasteiger partial charge in [0.2, 0.25) is 0 Å². The third kappa shape index (κ3) is 0.565. The van der Waals surface area contributed by atoms with Crippen LogP contribution in [0.3, 0.4) is 0 Å². The van der Waals surface area contributed by atoms with E-state index in [-0.39, 0.29) is 10.8 Å². The molecule has 0 aromatic rings. The highest BCUT2D eigenvalue weighted by atomic mass is 14.5. The van der Waals surface area contributed by atoms with Crippen LogP contribution in [-0.4, -0.2) is 0 Å². The lowest BCUT2D eigenvalue weighted by Gasteiger charge is -2.55. The Kier molecular flexibility index (Phi) is 0.813. The molecule has 2 atom stereocenters. The summed E-state index contributed by atoms with van der Waals surface area (Å²) < 4.78 is 15.9. The van der Waals surface area contributed by atoms with Crippen LogP contribution in [0.2, 0.25) is 0 Å². The fourth-order valence-corrected chi connectivity index (χ4v) is 2.75. The van der Waals surface area contributed by atoms with Crippen LogP contribution in [0.25, 0.3) is 0 Å². The van der Waals surface area contributed by atoms with E-state index in [1.165, 1.54) is 12.8 Å². The maximum Gasteiger partial charge on any atom is 0.0583 e. The monoisotopic (exact) mass is 160 g/mol. The van der Waals surface area contributed by atoms with Crippen molar-refractivity contribution in [1.29, 1.82) is 0 Å². The Hall–Kier alpha value is -0.780. The van der Waals surface area contributed by atoms with Crippen molar-refractivity contribution in [1.82, 2.24) is 0 Å². The van der Waals surface area contributed by atoms with Crippen molar-refractivity contribution in [2.24, 2.45) is 10.8 Å². The molecular weight excluding hydrogens is 144 g/mol. The summed E-state index contributed by atoms with van der Waals surface area (Å²) in [5.41, 5.74) is -0.172. The summed E-state index contributed by atoms with van der Waals surface area (Å²) in [4.78, 5) is 0. The Bertz CT molecular complexity index is 342. The molecule has 0 amide bonds. The first-order chi connectivity index (χ1) is 6.73. The molecule has 0 saturated heterocycles. The molecule has 1 fully saturated rings. The molecule has 0 aromatic heterocycles. The summed E-state index contributed by atoms with van der Waals surface area (Å²) in [5, 5.41) is 0. The highest BCUT2D eigenvalue weighted by Gasteiger charge is 2.52. The summed E-state index contributed by atoms with van der Waals surface area (Å²) in [6.07, 6.45) is 12.9. The van der Waals surface area contributed by atoms with Crippen molar-refractivity contribution in [3.8, 4) is 0 Å². The average Bonchev–Trinajstić information content (AvgIpc) is 2.26. The van der Waals surface area contributed by atoms with E-state index in [1.807, 2.05) is 12.2 Å². The Labute approximate surface area is 76.5 Å². The summed E-state index contributed by atoms with van der Waals surface area (Å²) in [6.45, 7) is 0. The second-order valence-electron chi connectivity index (χ2n) is 4.12. The second-order valence-corrected chi connectivity index (χ2v) is 4.12. The number of rotatable bonds is 0. The minimum absolute atomic E-state index is 0.0862. The van der Waals surface area contributed by atoms with E-state index in [0.29, 0.717) is 12.1 Å². The Morgan fingerprint density at radius 3 is 1.92 bits per heavy atom. The quantitative estimate of drug-likeness (QED) is 0.477. The van der Waals surface area contributed by atoms with Gasteiger partial charge >= 0.3 is 0 Å². The predicted molar refractivity (Wildman–Crippen MR) is 50.8 cm³/mol. The molecule has 62 valence electrons. The van der Waals surface area contributed by atoms with E-state index in [9.17, 15) is 0 Å². The van der Waals surface area contributed by atoms with Gasteiger partial charge in [0.25, 0.3) is 0 Å². The maximum atomic E-state index is 7.96. The molecule has 0 spiro atoms. The molecule has 1 saturated carbocycles. The Morgan fingerprint density at radius 1 is 0.917 bits per heavy atom. The molecule has 2 unspecified atom stereocenters. The van der Waals surface area contributed by atoms with Crippen LogP contribution < -0.4 is 0 Å². The number of hydrogen-bond acceptors (Lipinski definition) is 0. The molecule has 3 aliphatic carbocycles. The van der Waals surface area contributed by atoms with Crippen LogP contribution in [0.15, 0.2) is 36.4 Å². The standard InChI is InChI=1S/C12H14/c1-2-6-12-8-4-3-7-11(12,5-1)9-10-12/h1-2,5-6,9-10H,3-4,7-8H2/i9D,10D. The zero-order valence-corrected chi connectivity index (χ0v) is 7.14. The normalized spacial score (nSPS) is 52.0. The summed E-state index contributed by atoms with van der Waals surface area (Å²) in [5.74, 6) is 0. The molecule has 0 bridgehead atoms.